The van der Waals surface area contributed by atoms with Gasteiger partial charge in [0.15, 0.2) is 0 Å². The van der Waals surface area contributed by atoms with Crippen LogP contribution in [-0.4, -0.2) is 12.6 Å². The van der Waals surface area contributed by atoms with Crippen LogP contribution in [-0.2, 0) is 0 Å². The molecule has 0 aromatic carbocycles. The van der Waals surface area contributed by atoms with E-state index in [2.05, 4.69) is 18.8 Å². The van der Waals surface area contributed by atoms with Gasteiger partial charge in [-0.05, 0) is 39.7 Å². The summed E-state index contributed by atoms with van der Waals surface area (Å²) in [6.45, 7) is 6.28. The van der Waals surface area contributed by atoms with Crippen molar-refractivity contribution in [2.45, 2.75) is 38.1 Å². The maximum Gasteiger partial charge on any atom is 0.0156 e. The van der Waals surface area contributed by atoms with Crippen molar-refractivity contribution in [3.63, 3.8) is 0 Å². The minimum Gasteiger partial charge on any atom is -0.315 e. The van der Waals surface area contributed by atoms with Gasteiger partial charge in [-0.3, -0.25) is 0 Å². The lowest BCUT2D eigenvalue weighted by Gasteiger charge is -2.34. The Kier molecular flexibility index (Phi) is 2.14. The van der Waals surface area contributed by atoms with Crippen molar-refractivity contribution in [1.82, 2.24) is 5.32 Å². The topological polar surface area (TPSA) is 12.0 Å². The van der Waals surface area contributed by atoms with Crippen molar-refractivity contribution in [1.29, 1.82) is 0 Å². The van der Waals surface area contributed by atoms with Crippen molar-refractivity contribution < 1.29 is 0 Å². The number of hydrogen-bond acceptors (Lipinski definition) is 1. The predicted octanol–water partition coefficient (Wildman–Crippen LogP) is 2.09. The summed E-state index contributed by atoms with van der Waals surface area (Å²) in [6, 6.07) is 0. The molecular weight excluding hydrogens is 122 g/mol. The summed E-state index contributed by atoms with van der Waals surface area (Å²) in [5.41, 5.74) is 1.81. The Bertz CT molecular complexity index is 128. The van der Waals surface area contributed by atoms with Gasteiger partial charge in [-0.1, -0.05) is 12.2 Å². The molecule has 0 bridgehead atoms. The Labute approximate surface area is 63.5 Å². The molecule has 1 saturated carbocycles. The van der Waals surface area contributed by atoms with Crippen LogP contribution in [0.4, 0.5) is 0 Å². The molecule has 0 aliphatic heterocycles. The van der Waals surface area contributed by atoms with Crippen LogP contribution in [0.25, 0.3) is 0 Å². The molecule has 1 N–H and O–H groups in total. The third-order valence-electron chi connectivity index (χ3n) is 2.66. The molecule has 58 valence electrons. The van der Waals surface area contributed by atoms with E-state index < -0.39 is 0 Å². The highest BCUT2D eigenvalue weighted by atomic mass is 14.9. The van der Waals surface area contributed by atoms with E-state index in [-0.39, 0.29) is 0 Å². The minimum atomic E-state index is 0.390. The first-order valence-electron chi connectivity index (χ1n) is 4.02. The Morgan fingerprint density at radius 2 is 1.90 bits per heavy atom. The van der Waals surface area contributed by atoms with Crippen molar-refractivity contribution >= 4 is 0 Å². The van der Waals surface area contributed by atoms with Crippen molar-refractivity contribution in [3.05, 3.63) is 12.2 Å². The molecule has 10 heavy (non-hydrogen) atoms. The molecule has 1 aliphatic rings. The van der Waals surface area contributed by atoms with Crippen LogP contribution in [0.5, 0.6) is 0 Å². The highest BCUT2D eigenvalue weighted by molar-refractivity contribution is 5.04. The van der Waals surface area contributed by atoms with Crippen LogP contribution in [0.1, 0.15) is 32.6 Å². The minimum absolute atomic E-state index is 0.390. The van der Waals surface area contributed by atoms with Crippen LogP contribution in [0, 0.1) is 0 Å². The maximum atomic E-state index is 3.99. The Morgan fingerprint density at radius 3 is 2.30 bits per heavy atom. The highest BCUT2D eigenvalue weighted by Crippen LogP contribution is 2.29. The van der Waals surface area contributed by atoms with Gasteiger partial charge in [0.1, 0.15) is 0 Å². The second-order valence-electron chi connectivity index (χ2n) is 3.56. The first-order chi connectivity index (χ1) is 4.66. The Hall–Kier alpha value is -0.300. The molecule has 0 heterocycles. The largest absolute Gasteiger partial charge is 0.315 e. The second-order valence-corrected chi connectivity index (χ2v) is 3.56. The van der Waals surface area contributed by atoms with Gasteiger partial charge in [0.05, 0.1) is 0 Å². The first-order valence-corrected chi connectivity index (χ1v) is 4.02. The molecule has 1 rings (SSSR count). The SMILES string of the molecule is C=C1CCC(C)(NC)CC1. The smallest absolute Gasteiger partial charge is 0.0156 e. The summed E-state index contributed by atoms with van der Waals surface area (Å²) in [6.07, 6.45) is 4.92. The van der Waals surface area contributed by atoms with Crippen LogP contribution in [0.3, 0.4) is 0 Å². The molecular formula is C9H17N. The van der Waals surface area contributed by atoms with Gasteiger partial charge in [-0.25, -0.2) is 0 Å². The Balaban J connectivity index is 2.46. The average molecular weight is 139 g/mol. The van der Waals surface area contributed by atoms with Gasteiger partial charge < -0.3 is 5.32 Å². The van der Waals surface area contributed by atoms with Crippen LogP contribution < -0.4 is 5.32 Å². The van der Waals surface area contributed by atoms with E-state index in [1.165, 1.54) is 31.3 Å². The molecule has 0 amide bonds. The van der Waals surface area contributed by atoms with E-state index in [1.807, 2.05) is 7.05 Å². The lowest BCUT2D eigenvalue weighted by molar-refractivity contribution is 0.305. The molecule has 0 atom stereocenters. The fourth-order valence-corrected chi connectivity index (χ4v) is 1.41. The lowest BCUT2D eigenvalue weighted by atomic mass is 9.81. The fourth-order valence-electron chi connectivity index (χ4n) is 1.41. The maximum absolute atomic E-state index is 3.99. The van der Waals surface area contributed by atoms with E-state index in [4.69, 9.17) is 0 Å². The quantitative estimate of drug-likeness (QED) is 0.548. The zero-order valence-corrected chi connectivity index (χ0v) is 7.04. The summed E-state index contributed by atoms with van der Waals surface area (Å²) in [4.78, 5) is 0. The van der Waals surface area contributed by atoms with Crippen molar-refractivity contribution in [3.8, 4) is 0 Å². The molecule has 1 aliphatic carbocycles. The van der Waals surface area contributed by atoms with Crippen molar-refractivity contribution in [2.24, 2.45) is 0 Å². The van der Waals surface area contributed by atoms with Gasteiger partial charge >= 0.3 is 0 Å². The normalized spacial score (nSPS) is 24.8. The predicted molar refractivity (Wildman–Crippen MR) is 45.1 cm³/mol. The fraction of sp³-hybridized carbons (Fsp3) is 0.778. The van der Waals surface area contributed by atoms with Crippen LogP contribution >= 0.6 is 0 Å². The van der Waals surface area contributed by atoms with E-state index >= 15 is 0 Å². The number of allylic oxidation sites excluding steroid dienone is 1. The van der Waals surface area contributed by atoms with E-state index in [0.717, 1.165) is 0 Å². The first kappa shape index (κ1) is 7.80. The number of hydrogen-bond donors (Lipinski definition) is 1. The molecule has 0 saturated heterocycles. The zero-order valence-electron chi connectivity index (χ0n) is 7.04. The van der Waals surface area contributed by atoms with Crippen LogP contribution in [0.15, 0.2) is 12.2 Å². The van der Waals surface area contributed by atoms with E-state index in [1.54, 1.807) is 0 Å². The molecule has 1 fully saturated rings. The zero-order chi connectivity index (χ0) is 7.61. The van der Waals surface area contributed by atoms with Crippen molar-refractivity contribution in [2.75, 3.05) is 7.05 Å². The van der Waals surface area contributed by atoms with Gasteiger partial charge in [0.25, 0.3) is 0 Å². The summed E-state index contributed by atoms with van der Waals surface area (Å²) in [5, 5.41) is 3.36. The molecule has 0 aromatic heterocycles. The Morgan fingerprint density at radius 1 is 1.40 bits per heavy atom. The molecule has 0 radical (unpaired) electrons. The monoisotopic (exact) mass is 139 g/mol. The second kappa shape index (κ2) is 2.75. The average Bonchev–Trinajstić information content (AvgIpc) is 1.96. The van der Waals surface area contributed by atoms with Gasteiger partial charge in [0.2, 0.25) is 0 Å². The third kappa shape index (κ3) is 1.60. The van der Waals surface area contributed by atoms with Gasteiger partial charge in [-0.2, -0.15) is 0 Å². The summed E-state index contributed by atoms with van der Waals surface area (Å²) < 4.78 is 0. The summed E-state index contributed by atoms with van der Waals surface area (Å²) in [7, 11) is 2.05. The molecule has 1 heteroatoms. The number of rotatable bonds is 1. The van der Waals surface area contributed by atoms with E-state index in [9.17, 15) is 0 Å². The molecule has 0 spiro atoms. The van der Waals surface area contributed by atoms with Crippen LogP contribution in [0.2, 0.25) is 0 Å². The molecule has 0 unspecified atom stereocenters. The third-order valence-corrected chi connectivity index (χ3v) is 2.66. The number of nitrogens with one attached hydrogen (secondary N) is 1. The summed E-state index contributed by atoms with van der Waals surface area (Å²) in [5.74, 6) is 0. The van der Waals surface area contributed by atoms with E-state index in [0.29, 0.717) is 5.54 Å². The van der Waals surface area contributed by atoms with Gasteiger partial charge in [-0.15, -0.1) is 0 Å². The standard InChI is InChI=1S/C9H17N/c1-8-4-6-9(2,10-3)7-5-8/h10H,1,4-7H2,2-3H3. The molecule has 1 nitrogen and oxygen atoms in total. The highest BCUT2D eigenvalue weighted by Gasteiger charge is 2.25. The summed E-state index contributed by atoms with van der Waals surface area (Å²) >= 11 is 0. The van der Waals surface area contributed by atoms with Gasteiger partial charge in [0, 0.05) is 5.54 Å². The molecule has 0 aromatic rings. The lowest BCUT2D eigenvalue weighted by Crippen LogP contribution is -2.41.